The third-order valence-electron chi connectivity index (χ3n) is 3.16. The highest BCUT2D eigenvalue weighted by Crippen LogP contribution is 2.17. The molecule has 0 radical (unpaired) electrons. The first-order chi connectivity index (χ1) is 6.94. The number of nitrogens with two attached hydrogens (primary N) is 1. The van der Waals surface area contributed by atoms with Gasteiger partial charge >= 0.3 is 0 Å². The van der Waals surface area contributed by atoms with E-state index in [-0.39, 0.29) is 11.3 Å². The van der Waals surface area contributed by atoms with E-state index in [1.165, 1.54) is 0 Å². The zero-order valence-corrected chi connectivity index (χ0v) is 12.2. The second kappa shape index (κ2) is 5.02. The lowest BCUT2D eigenvalue weighted by Gasteiger charge is -2.35. The van der Waals surface area contributed by atoms with Crippen molar-refractivity contribution in [2.24, 2.45) is 5.73 Å². The molecule has 0 aliphatic carbocycles. The van der Waals surface area contributed by atoms with Crippen molar-refractivity contribution in [2.45, 2.75) is 44.9 Å². The largest absolute Gasteiger partial charge is 0.329 e. The van der Waals surface area contributed by atoms with Crippen molar-refractivity contribution in [3.05, 3.63) is 0 Å². The first-order valence-corrected chi connectivity index (χ1v) is 7.23. The van der Waals surface area contributed by atoms with Crippen LogP contribution >= 0.6 is 0 Å². The Balaban J connectivity index is 4.50. The molecule has 16 heavy (non-hydrogen) atoms. The van der Waals surface area contributed by atoms with Gasteiger partial charge in [-0.05, 0) is 41.7 Å². The lowest BCUT2D eigenvalue weighted by atomic mass is 10.0. The highest BCUT2D eigenvalue weighted by Gasteiger charge is 2.30. The lowest BCUT2D eigenvalue weighted by Crippen LogP contribution is -2.49. The predicted octanol–water partition coefficient (Wildman–Crippen LogP) is 0.869. The summed E-state index contributed by atoms with van der Waals surface area (Å²) in [7, 11) is -1.14. The van der Waals surface area contributed by atoms with Crippen molar-refractivity contribution in [1.29, 1.82) is 0 Å². The van der Waals surface area contributed by atoms with Crippen LogP contribution in [0.1, 0.15) is 34.6 Å². The van der Waals surface area contributed by atoms with E-state index >= 15 is 0 Å². The molecule has 0 aliphatic rings. The normalized spacial score (nSPS) is 14.5. The minimum Gasteiger partial charge on any atom is -0.329 e. The molecule has 0 heterocycles. The van der Waals surface area contributed by atoms with Crippen LogP contribution < -0.4 is 5.73 Å². The number of rotatable bonds is 5. The predicted molar refractivity (Wildman–Crippen MR) is 69.3 cm³/mol. The summed E-state index contributed by atoms with van der Waals surface area (Å²) in [5.74, 6) is 0.177. The number of hydrogen-bond donors (Lipinski definition) is 1. The molecule has 0 aromatic carbocycles. The van der Waals surface area contributed by atoms with Crippen LogP contribution in [0, 0.1) is 0 Å². The first-order valence-electron chi connectivity index (χ1n) is 5.57. The molecule has 98 valence electrons. The van der Waals surface area contributed by atoms with Gasteiger partial charge in [0.15, 0.2) is 9.84 Å². The third-order valence-corrected chi connectivity index (χ3v) is 5.75. The molecule has 0 aromatic heterocycles. The average molecular weight is 250 g/mol. The van der Waals surface area contributed by atoms with Crippen LogP contribution in [0.15, 0.2) is 0 Å². The van der Waals surface area contributed by atoms with Gasteiger partial charge in [-0.3, -0.25) is 4.90 Å². The van der Waals surface area contributed by atoms with E-state index in [9.17, 15) is 8.42 Å². The maximum absolute atomic E-state index is 11.9. The molecule has 0 amide bonds. The third kappa shape index (κ3) is 4.03. The van der Waals surface area contributed by atoms with Crippen molar-refractivity contribution in [3.8, 4) is 0 Å². The fourth-order valence-electron chi connectivity index (χ4n) is 1.02. The fourth-order valence-corrected chi connectivity index (χ4v) is 2.15. The average Bonchev–Trinajstić information content (AvgIpc) is 2.12. The van der Waals surface area contributed by atoms with Gasteiger partial charge in [0.25, 0.3) is 0 Å². The van der Waals surface area contributed by atoms with Gasteiger partial charge in [-0.25, -0.2) is 8.42 Å². The smallest absolute Gasteiger partial charge is 0.156 e. The maximum atomic E-state index is 11.9. The molecular formula is C11H26N2O2S. The van der Waals surface area contributed by atoms with Gasteiger partial charge < -0.3 is 5.73 Å². The molecule has 4 nitrogen and oxygen atoms in total. The van der Waals surface area contributed by atoms with Crippen LogP contribution in [0.25, 0.3) is 0 Å². The van der Waals surface area contributed by atoms with Crippen LogP contribution in [-0.4, -0.2) is 49.5 Å². The van der Waals surface area contributed by atoms with Gasteiger partial charge in [0.1, 0.15) is 0 Å². The van der Waals surface area contributed by atoms with Crippen LogP contribution in [0.3, 0.4) is 0 Å². The van der Waals surface area contributed by atoms with E-state index in [2.05, 4.69) is 0 Å². The summed E-state index contributed by atoms with van der Waals surface area (Å²) in [4.78, 5) is 2.00. The molecule has 0 atom stereocenters. The van der Waals surface area contributed by atoms with Gasteiger partial charge in [-0.2, -0.15) is 0 Å². The van der Waals surface area contributed by atoms with Crippen LogP contribution in [-0.2, 0) is 9.84 Å². The molecule has 0 spiro atoms. The second-order valence-corrected chi connectivity index (χ2v) is 8.73. The van der Waals surface area contributed by atoms with Crippen molar-refractivity contribution in [3.63, 3.8) is 0 Å². The van der Waals surface area contributed by atoms with Gasteiger partial charge in [0.2, 0.25) is 0 Å². The standard InChI is InChI=1S/C11H26N2O2S/c1-10(2,3)16(14,15)8-7-13(6)11(4,5)9-12/h7-9,12H2,1-6H3. The molecule has 5 heteroatoms. The Morgan fingerprint density at radius 1 is 1.12 bits per heavy atom. The minimum absolute atomic E-state index is 0.159. The van der Waals surface area contributed by atoms with E-state index in [1.54, 1.807) is 20.8 Å². The Hall–Kier alpha value is -0.130. The van der Waals surface area contributed by atoms with Crippen LogP contribution in [0.2, 0.25) is 0 Å². The molecular weight excluding hydrogens is 224 g/mol. The summed E-state index contributed by atoms with van der Waals surface area (Å²) >= 11 is 0. The highest BCUT2D eigenvalue weighted by atomic mass is 32.2. The summed E-state index contributed by atoms with van der Waals surface area (Å²) in [6, 6.07) is 0. The molecule has 0 bridgehead atoms. The summed E-state index contributed by atoms with van der Waals surface area (Å²) in [5.41, 5.74) is 5.48. The van der Waals surface area contributed by atoms with Crippen LogP contribution in [0.5, 0.6) is 0 Å². The van der Waals surface area contributed by atoms with Crippen molar-refractivity contribution in [1.82, 2.24) is 4.90 Å². The zero-order chi connectivity index (χ0) is 13.2. The molecule has 2 N–H and O–H groups in total. The van der Waals surface area contributed by atoms with Gasteiger partial charge in [-0.15, -0.1) is 0 Å². The van der Waals surface area contributed by atoms with Gasteiger partial charge in [0.05, 0.1) is 10.5 Å². The number of likely N-dealkylation sites (N-methyl/N-ethyl adjacent to an activating group) is 1. The molecule has 0 fully saturated rings. The topological polar surface area (TPSA) is 63.4 Å². The van der Waals surface area contributed by atoms with Gasteiger partial charge in [0, 0.05) is 18.6 Å². The molecule has 0 aromatic rings. The van der Waals surface area contributed by atoms with E-state index < -0.39 is 14.6 Å². The molecule has 0 aliphatic heterocycles. The quantitative estimate of drug-likeness (QED) is 0.786. The summed E-state index contributed by atoms with van der Waals surface area (Å²) < 4.78 is 23.1. The fraction of sp³-hybridized carbons (Fsp3) is 1.00. The minimum atomic E-state index is -3.04. The molecule has 0 saturated carbocycles. The monoisotopic (exact) mass is 250 g/mol. The first kappa shape index (κ1) is 15.9. The molecule has 0 rings (SSSR count). The Morgan fingerprint density at radius 3 is 1.88 bits per heavy atom. The zero-order valence-electron chi connectivity index (χ0n) is 11.4. The summed E-state index contributed by atoms with van der Waals surface area (Å²) in [5, 5.41) is 0. The van der Waals surface area contributed by atoms with Crippen molar-refractivity contribution < 1.29 is 8.42 Å². The summed E-state index contributed by atoms with van der Waals surface area (Å²) in [6.07, 6.45) is 0. The Morgan fingerprint density at radius 2 is 1.56 bits per heavy atom. The number of nitrogens with zero attached hydrogens (tertiary/aromatic N) is 1. The van der Waals surface area contributed by atoms with E-state index in [0.717, 1.165) is 0 Å². The lowest BCUT2D eigenvalue weighted by molar-refractivity contribution is 0.173. The maximum Gasteiger partial charge on any atom is 0.156 e. The Bertz CT molecular complexity index is 315. The number of sulfone groups is 1. The van der Waals surface area contributed by atoms with Gasteiger partial charge in [-0.1, -0.05) is 0 Å². The Kier molecular flexibility index (Phi) is 4.98. The van der Waals surface area contributed by atoms with E-state index in [1.807, 2.05) is 25.8 Å². The van der Waals surface area contributed by atoms with Crippen molar-refractivity contribution in [2.75, 3.05) is 25.9 Å². The van der Waals surface area contributed by atoms with E-state index in [0.29, 0.717) is 13.1 Å². The highest BCUT2D eigenvalue weighted by molar-refractivity contribution is 7.92. The summed E-state index contributed by atoms with van der Waals surface area (Å²) in [6.45, 7) is 10.2. The molecule has 0 saturated heterocycles. The van der Waals surface area contributed by atoms with Crippen LogP contribution in [0.4, 0.5) is 0 Å². The number of hydrogen-bond acceptors (Lipinski definition) is 4. The van der Waals surface area contributed by atoms with E-state index in [4.69, 9.17) is 5.73 Å². The molecule has 0 unspecified atom stereocenters. The second-order valence-electron chi connectivity index (χ2n) is 5.87. The SMILES string of the molecule is CN(CCS(=O)(=O)C(C)(C)C)C(C)(C)CN. The Labute approximate surface area is 100 Å². The van der Waals surface area contributed by atoms with Crippen molar-refractivity contribution >= 4 is 9.84 Å².